The molecule has 0 saturated carbocycles. The van der Waals surface area contributed by atoms with Crippen molar-refractivity contribution in [2.45, 2.75) is 77.1 Å². The van der Waals surface area contributed by atoms with Crippen molar-refractivity contribution in [1.82, 2.24) is 4.90 Å². The summed E-state index contributed by atoms with van der Waals surface area (Å²) in [4.78, 5) is 2.42. The van der Waals surface area contributed by atoms with E-state index in [4.69, 9.17) is 4.43 Å². The van der Waals surface area contributed by atoms with Crippen molar-refractivity contribution in [3.8, 4) is 0 Å². The summed E-state index contributed by atoms with van der Waals surface area (Å²) >= 11 is 0. The number of hydrogen-bond acceptors (Lipinski definition) is 2. The molecule has 0 radical (unpaired) electrons. The monoisotopic (exact) mass is 297 g/mol. The van der Waals surface area contributed by atoms with E-state index in [1.54, 1.807) is 0 Å². The summed E-state index contributed by atoms with van der Waals surface area (Å²) < 4.78 is 6.87. The third kappa shape index (κ3) is 4.19. The van der Waals surface area contributed by atoms with Crippen LogP contribution in [0.1, 0.15) is 54.4 Å². The predicted octanol–water partition coefficient (Wildman–Crippen LogP) is 4.83. The Labute approximate surface area is 127 Å². The second-order valence-electron chi connectivity index (χ2n) is 7.28. The maximum absolute atomic E-state index is 6.87. The summed E-state index contributed by atoms with van der Waals surface area (Å²) in [7, 11) is 0.471. The van der Waals surface area contributed by atoms with Crippen molar-refractivity contribution in [3.05, 3.63) is 12.2 Å². The van der Waals surface area contributed by atoms with Gasteiger partial charge in [0.05, 0.1) is 6.10 Å². The third-order valence-electron chi connectivity index (χ3n) is 4.89. The minimum Gasteiger partial charge on any atom is -0.410 e. The van der Waals surface area contributed by atoms with E-state index in [0.717, 1.165) is 19.4 Å². The minimum absolute atomic E-state index is 0.316. The van der Waals surface area contributed by atoms with E-state index in [2.05, 4.69) is 65.6 Å². The molecule has 20 heavy (non-hydrogen) atoms. The lowest BCUT2D eigenvalue weighted by molar-refractivity contribution is 0.182. The van der Waals surface area contributed by atoms with E-state index in [1.165, 1.54) is 6.54 Å². The zero-order valence-electron chi connectivity index (χ0n) is 14.6. The summed E-state index contributed by atoms with van der Waals surface area (Å²) in [6.45, 7) is 16.5. The first-order valence-corrected chi connectivity index (χ1v) is 10.5. The molecule has 0 amide bonds. The van der Waals surface area contributed by atoms with Gasteiger partial charge in [-0.3, -0.25) is 0 Å². The first-order chi connectivity index (χ1) is 9.30. The van der Waals surface area contributed by atoms with Gasteiger partial charge in [-0.15, -0.1) is 0 Å². The average Bonchev–Trinajstić information content (AvgIpc) is 2.32. The molecule has 3 heteroatoms. The molecule has 1 atom stereocenters. The van der Waals surface area contributed by atoms with Crippen LogP contribution in [0.2, 0.25) is 16.6 Å². The highest BCUT2D eigenvalue weighted by molar-refractivity contribution is 6.77. The molecule has 0 spiro atoms. The summed E-state index contributed by atoms with van der Waals surface area (Å²) in [5.41, 5.74) is 2.00. The number of nitrogens with zero attached hydrogens (tertiary/aromatic N) is 1. The second kappa shape index (κ2) is 7.76. The molecular formula is C17H35NOSi. The quantitative estimate of drug-likeness (QED) is 0.532. The fourth-order valence-electron chi connectivity index (χ4n) is 3.87. The third-order valence-corrected chi connectivity index (χ3v) is 11.0. The van der Waals surface area contributed by atoms with E-state index in [9.17, 15) is 0 Å². The molecule has 0 aromatic rings. The Kier molecular flexibility index (Phi) is 6.96. The van der Waals surface area contributed by atoms with Gasteiger partial charge in [0.15, 0.2) is 0 Å². The Balaban J connectivity index is 2.90. The van der Waals surface area contributed by atoms with Crippen molar-refractivity contribution in [2.75, 3.05) is 20.1 Å². The molecule has 0 aromatic heterocycles. The minimum atomic E-state index is -1.75. The first kappa shape index (κ1) is 17.9. The van der Waals surface area contributed by atoms with Gasteiger partial charge in [-0.1, -0.05) is 53.7 Å². The molecule has 1 unspecified atom stereocenters. The molecule has 0 aromatic carbocycles. The van der Waals surface area contributed by atoms with Crippen LogP contribution in [0.5, 0.6) is 0 Å². The lowest BCUT2D eigenvalue weighted by atomic mass is 10.2. The smallest absolute Gasteiger partial charge is 0.201 e. The van der Waals surface area contributed by atoms with E-state index in [0.29, 0.717) is 22.7 Å². The summed E-state index contributed by atoms with van der Waals surface area (Å²) in [5, 5.41) is 0. The van der Waals surface area contributed by atoms with Crippen molar-refractivity contribution >= 4 is 8.32 Å². The molecule has 1 aliphatic rings. The second-order valence-corrected chi connectivity index (χ2v) is 12.7. The standard InChI is InChI=1S/C17H35NOSi/c1-14(2)20(15(3)4,16(5)6)19-17-10-8-9-12-18(7)13-11-17/h8,10,14-17H,9,11-13H2,1-7H3/b10-8-. The van der Waals surface area contributed by atoms with Crippen LogP contribution in [0.3, 0.4) is 0 Å². The van der Waals surface area contributed by atoms with Gasteiger partial charge in [0.25, 0.3) is 0 Å². The van der Waals surface area contributed by atoms with Gasteiger partial charge >= 0.3 is 0 Å². The van der Waals surface area contributed by atoms with E-state index in [1.807, 2.05) is 0 Å². The predicted molar refractivity (Wildman–Crippen MR) is 91.8 cm³/mol. The highest BCUT2D eigenvalue weighted by atomic mass is 28.4. The molecular weight excluding hydrogens is 262 g/mol. The van der Waals surface area contributed by atoms with Gasteiger partial charge in [-0.05, 0) is 36.5 Å². The van der Waals surface area contributed by atoms with Gasteiger partial charge in [-0.2, -0.15) is 0 Å². The zero-order valence-corrected chi connectivity index (χ0v) is 15.6. The van der Waals surface area contributed by atoms with E-state index in [-0.39, 0.29) is 0 Å². The summed E-state index contributed by atoms with van der Waals surface area (Å²) in [6.07, 6.45) is 7.25. The van der Waals surface area contributed by atoms with Crippen molar-refractivity contribution in [3.63, 3.8) is 0 Å². The number of hydrogen-bond donors (Lipinski definition) is 0. The van der Waals surface area contributed by atoms with Crippen LogP contribution < -0.4 is 0 Å². The van der Waals surface area contributed by atoms with Gasteiger partial charge in [0.1, 0.15) is 0 Å². The van der Waals surface area contributed by atoms with Crippen molar-refractivity contribution in [2.24, 2.45) is 0 Å². The van der Waals surface area contributed by atoms with Gasteiger partial charge in [-0.25, -0.2) is 0 Å². The van der Waals surface area contributed by atoms with Crippen LogP contribution in [0.25, 0.3) is 0 Å². The molecule has 0 fully saturated rings. The van der Waals surface area contributed by atoms with Crippen LogP contribution >= 0.6 is 0 Å². The number of rotatable bonds is 5. The van der Waals surface area contributed by atoms with E-state index >= 15 is 0 Å². The molecule has 0 N–H and O–H groups in total. The fraction of sp³-hybridized carbons (Fsp3) is 0.882. The molecule has 0 aliphatic carbocycles. The maximum atomic E-state index is 6.87. The van der Waals surface area contributed by atoms with Crippen molar-refractivity contribution in [1.29, 1.82) is 0 Å². The Morgan fingerprint density at radius 1 is 1.00 bits per heavy atom. The molecule has 0 bridgehead atoms. The normalized spacial score (nSPS) is 24.2. The Morgan fingerprint density at radius 2 is 1.55 bits per heavy atom. The van der Waals surface area contributed by atoms with Gasteiger partial charge < -0.3 is 9.33 Å². The average molecular weight is 298 g/mol. The Bertz CT molecular complexity index is 290. The Hall–Kier alpha value is -0.123. The topological polar surface area (TPSA) is 12.5 Å². The highest BCUT2D eigenvalue weighted by Gasteiger charge is 2.46. The van der Waals surface area contributed by atoms with Gasteiger partial charge in [0.2, 0.25) is 8.32 Å². The summed E-state index contributed by atoms with van der Waals surface area (Å²) in [6, 6.07) is 0. The largest absolute Gasteiger partial charge is 0.410 e. The van der Waals surface area contributed by atoms with Crippen LogP contribution in [-0.4, -0.2) is 39.5 Å². The molecule has 1 aliphatic heterocycles. The first-order valence-electron chi connectivity index (χ1n) is 8.33. The van der Waals surface area contributed by atoms with Crippen LogP contribution in [-0.2, 0) is 4.43 Å². The lowest BCUT2D eigenvalue weighted by Gasteiger charge is -2.44. The van der Waals surface area contributed by atoms with E-state index < -0.39 is 8.32 Å². The SMILES string of the molecule is CC(C)[Si](OC1/C=C\CCN(C)CC1)(C(C)C)C(C)C. The van der Waals surface area contributed by atoms with Crippen LogP contribution in [0.4, 0.5) is 0 Å². The molecule has 1 rings (SSSR count). The van der Waals surface area contributed by atoms with Gasteiger partial charge in [0, 0.05) is 13.1 Å². The fourth-order valence-corrected chi connectivity index (χ4v) is 9.40. The maximum Gasteiger partial charge on any atom is 0.201 e. The zero-order chi connectivity index (χ0) is 15.3. The van der Waals surface area contributed by atoms with Crippen molar-refractivity contribution < 1.29 is 4.43 Å². The van der Waals surface area contributed by atoms with Crippen LogP contribution in [0.15, 0.2) is 12.2 Å². The molecule has 0 saturated heterocycles. The molecule has 118 valence electrons. The van der Waals surface area contributed by atoms with Crippen LogP contribution in [0, 0.1) is 0 Å². The summed E-state index contributed by atoms with van der Waals surface area (Å²) in [5.74, 6) is 0. The molecule has 1 heterocycles. The lowest BCUT2D eigenvalue weighted by Crippen LogP contribution is -2.50. The Morgan fingerprint density at radius 3 is 2.05 bits per heavy atom. The molecule has 2 nitrogen and oxygen atoms in total. The highest BCUT2D eigenvalue weighted by Crippen LogP contribution is 2.43.